The molecule has 6 N–H and O–H groups in total. The molecule has 6 heterocycles. The summed E-state index contributed by atoms with van der Waals surface area (Å²) in [4.78, 5) is 0. The van der Waals surface area contributed by atoms with E-state index < -0.39 is 376 Å². The molecule has 18 rings (SSSR count). The van der Waals surface area contributed by atoms with Gasteiger partial charge in [-0.15, -0.1) is 0 Å². The van der Waals surface area contributed by atoms with Gasteiger partial charge >= 0.3 is 0 Å². The summed E-state index contributed by atoms with van der Waals surface area (Å²) in [7, 11) is 0. The molecule has 6 aromatic rings. The van der Waals surface area contributed by atoms with E-state index in [0.29, 0.717) is 69.8 Å². The number of hydrogen-bond donors (Lipinski definition) is 6. The van der Waals surface area contributed by atoms with Crippen LogP contribution in [0.4, 0.5) is 0 Å². The molecule has 0 fully saturated rings. The number of phenolic OH excluding ortho intramolecular Hbond substituents is 6. The van der Waals surface area contributed by atoms with Crippen LogP contribution in [0.5, 0.6) is 69.0 Å². The largest absolute Gasteiger partial charge is 0.507 e. The van der Waals surface area contributed by atoms with Gasteiger partial charge in [-0.3, -0.25) is 0 Å². The van der Waals surface area contributed by atoms with Crippen LogP contribution in [-0.2, 0) is 38.2 Å². The Morgan fingerprint density at radius 1 is 0.297 bits per heavy atom. The Kier molecular flexibility index (Phi) is 18.1. The molecule has 12 nitrogen and oxygen atoms in total. The van der Waals surface area contributed by atoms with E-state index in [1.807, 2.05) is 68.4 Å². The standard InChI is InChI=1S/6C21H30O2/c6*1-5-6-7-8-15-12-18(22)20-16-11-14(2)9-10-17(16)21(3,4)23-19(20)13-15/h6*11-13,16-17,22H,5-10H2,1-4H3/t6*16-,17-/m111111/s1/i8D2,9D2,10D2,11D,12D,13D,16D,17D;2D3,8D2,9D2,10D2,11D,12D,13D,17D;8D2,10D2,11D,12D,13D,16D,17D;2D3,8D2,10D2,11D,12D,13D,17D;8D2,9D2,12D,13D,16D;8D2,12D,13D,16D. The molecule has 0 aromatic heterocycles. The maximum absolute atomic E-state index is 11.1. The van der Waals surface area contributed by atoms with Crippen LogP contribution < -0.4 is 28.4 Å². The molecule has 756 valence electrons. The quantitative estimate of drug-likeness (QED) is 0.0317. The summed E-state index contributed by atoms with van der Waals surface area (Å²) < 4.78 is 515. The van der Waals surface area contributed by atoms with E-state index in [4.69, 9.17) is 94.2 Å². The fourth-order valence-corrected chi connectivity index (χ4v) is 18.3. The molecule has 138 heavy (non-hydrogen) atoms. The first-order chi connectivity index (χ1) is 87.4. The molecule has 6 aliphatic carbocycles. The molecule has 12 aliphatic rings. The number of fused-ring (bicyclic) bond motifs is 18. The zero-order chi connectivity index (χ0) is 149. The lowest BCUT2D eigenvalue weighted by Crippen LogP contribution is -2.45. The number of rotatable bonds is 24. The highest BCUT2D eigenvalue weighted by Gasteiger charge is 2.52. The lowest BCUT2D eigenvalue weighted by molar-refractivity contribution is 0.0104. The van der Waals surface area contributed by atoms with Crippen LogP contribution in [0, 0.1) is 35.4 Å². The normalized spacial score (nSPS) is 38.9. The highest BCUT2D eigenvalue weighted by molar-refractivity contribution is 5.60. The van der Waals surface area contributed by atoms with Crippen molar-refractivity contribution in [1.29, 1.82) is 0 Å². The number of hydrogen-bond acceptors (Lipinski definition) is 12. The van der Waals surface area contributed by atoms with Crippen LogP contribution in [0.25, 0.3) is 0 Å². The number of ether oxygens (including phenoxy) is 6. The highest BCUT2D eigenvalue weighted by Crippen LogP contribution is 2.61. The first-order valence-corrected chi connectivity index (χ1v) is 48.9. The Hall–Kier alpha value is -8.64. The van der Waals surface area contributed by atoms with Crippen LogP contribution in [-0.4, -0.2) is 64.2 Å². The van der Waals surface area contributed by atoms with Gasteiger partial charge in [-0.1, -0.05) is 188 Å². The average Bonchev–Trinajstić information content (AvgIpc) is 0.644. The molecular weight excluding hydrogens is 1710 g/mol. The molecule has 12 atom stereocenters. The second-order valence-corrected chi connectivity index (χ2v) is 39.6. The molecule has 0 spiro atoms. The second-order valence-electron chi connectivity index (χ2n) is 39.6. The zero-order valence-electron chi connectivity index (χ0n) is 140. The van der Waals surface area contributed by atoms with E-state index >= 15 is 0 Å². The summed E-state index contributed by atoms with van der Waals surface area (Å²) in [6.07, 6.45) is -20.3. The van der Waals surface area contributed by atoms with Crippen molar-refractivity contribution in [2.24, 2.45) is 35.4 Å². The predicted octanol–water partition coefficient (Wildman–Crippen LogP) is 34.4. The van der Waals surface area contributed by atoms with Gasteiger partial charge in [0.2, 0.25) is 0 Å². The molecule has 6 aliphatic heterocycles. The van der Waals surface area contributed by atoms with Gasteiger partial charge in [0.1, 0.15) is 103 Å². The van der Waals surface area contributed by atoms with Gasteiger partial charge in [0.25, 0.3) is 0 Å². The van der Waals surface area contributed by atoms with E-state index in [1.165, 1.54) is 68.4 Å². The van der Waals surface area contributed by atoms with Crippen molar-refractivity contribution < 1.29 is 136 Å². The van der Waals surface area contributed by atoms with Crippen molar-refractivity contribution in [1.82, 2.24) is 0 Å². The molecule has 0 unspecified atom stereocenters. The van der Waals surface area contributed by atoms with Crippen LogP contribution >= 0.6 is 0 Å². The SMILES string of the molecule is [2H]C1=C(C([2H])([2H])[2H])C([2H])([2H])C([2H])([2H])[C@]2([2H])[C@@H]1c1c(O)c([2H])c(C([2H])([2H])CCCC)c([2H])c1OC2(C)C.[2H]C1=C(C([2H])([2H])[2H])CC([2H])([2H])[C@]2([2H])[C@@H]1c1c(O)c([2H])c(C([2H])([2H])CCCC)c([2H])c1OC2(C)C.[2H]C1=C(C)C([2H])([2H])C([2H])([2H])[C@@]2([2H])C(C)(C)Oc3c([2H])c(C([2H])([2H])CCCC)c([2H])c(O)c3[C@]12[2H].[2H]C1=C(C)CC([2H])([2H])[C@@]2([2H])C(C)(C)Oc3c([2H])c(C([2H])([2H])CCCC)c([2H])c(O)c3[C@]12[2H].[2H]c1c(O)c2c(c([2H])c1C([2H])([2H])CCCC)OC(C)(C)[C@@H]1CC([2H])([2H])C(C)=C[C@@]21[2H].[2H]c1c(O)c2c(c([2H])c1C([2H])([2H])CCCC)OC(C)(C)[C@@H]1CCC(C)=C[C@@]21[2H]. The lowest BCUT2D eigenvalue weighted by atomic mass is 9.68. The minimum Gasteiger partial charge on any atom is -0.507 e. The summed E-state index contributed by atoms with van der Waals surface area (Å²) in [6.45, 7) is 29.3. The number of unbranched alkanes of at least 4 members (excludes halogenated alkanes) is 6. The molecule has 6 aromatic carbocycles. The van der Waals surface area contributed by atoms with Crippen LogP contribution in [0.1, 0.15) is 537 Å². The molecule has 0 amide bonds. The van der Waals surface area contributed by atoms with Gasteiger partial charge in [-0.05, 0) is 384 Å². The van der Waals surface area contributed by atoms with Gasteiger partial charge < -0.3 is 59.1 Å². The van der Waals surface area contributed by atoms with Crippen LogP contribution in [0.15, 0.2) is 142 Å². The Balaban J connectivity index is 0.000000188. The van der Waals surface area contributed by atoms with Crippen molar-refractivity contribution in [2.45, 2.75) is 466 Å². The van der Waals surface area contributed by atoms with Gasteiger partial charge in [-0.2, -0.15) is 0 Å². The van der Waals surface area contributed by atoms with E-state index in [1.54, 1.807) is 20.8 Å². The first kappa shape index (κ1) is 54.7. The van der Waals surface area contributed by atoms with E-state index in [2.05, 4.69) is 0 Å². The summed E-state index contributed by atoms with van der Waals surface area (Å²) in [5, 5.41) is 66.2. The van der Waals surface area contributed by atoms with Crippen LogP contribution in [0.2, 0.25) is 0 Å². The van der Waals surface area contributed by atoms with Crippen LogP contribution in [0.3, 0.4) is 0 Å². The molecular formula is C126H180O12. The fourth-order valence-electron chi connectivity index (χ4n) is 18.3. The van der Waals surface area contributed by atoms with Crippen molar-refractivity contribution in [3.63, 3.8) is 0 Å². The van der Waals surface area contributed by atoms with Crippen molar-refractivity contribution in [3.05, 3.63) is 209 Å². The third-order valence-corrected chi connectivity index (χ3v) is 25.7. The summed E-state index contributed by atoms with van der Waals surface area (Å²) in [5.41, 5.74) is -13.7. The summed E-state index contributed by atoms with van der Waals surface area (Å²) in [5.74, 6) is -29.1. The third kappa shape index (κ3) is 25.0. The third-order valence-electron chi connectivity index (χ3n) is 25.7. The lowest BCUT2D eigenvalue weighted by Gasteiger charge is -2.46. The molecule has 0 radical (unpaired) electrons. The van der Waals surface area contributed by atoms with Gasteiger partial charge in [0, 0.05) is 159 Å². The van der Waals surface area contributed by atoms with Gasteiger partial charge in [0.05, 0.1) is 21.9 Å². The maximum atomic E-state index is 11.1. The molecule has 12 heteroatoms. The first-order valence-electron chi connectivity index (χ1n) is 76.9. The Morgan fingerprint density at radius 3 is 0.942 bits per heavy atom. The van der Waals surface area contributed by atoms with E-state index in [0.717, 1.165) is 38.2 Å². The number of allylic oxidation sites excluding steroid dienone is 12. The average molecular weight is 1940 g/mol. The van der Waals surface area contributed by atoms with Crippen molar-refractivity contribution in [2.75, 3.05) is 0 Å². The molecule has 0 bridgehead atoms. The molecule has 0 saturated heterocycles. The minimum absolute atomic E-state index is 0.00442. The van der Waals surface area contributed by atoms with Crippen molar-refractivity contribution >= 4 is 0 Å². The Bertz CT molecular complexity index is 8450. The summed E-state index contributed by atoms with van der Waals surface area (Å²) >= 11 is 0. The van der Waals surface area contributed by atoms with Gasteiger partial charge in [-0.25, -0.2) is 0 Å². The summed E-state index contributed by atoms with van der Waals surface area (Å²) in [6, 6.07) is -9.35. The maximum Gasteiger partial charge on any atom is 0.127 e. The van der Waals surface area contributed by atoms with E-state index in [9.17, 15) is 41.6 Å². The topological polar surface area (TPSA) is 177 Å². The fraction of sp³-hybridized carbons (Fsp3) is 0.619. The predicted molar refractivity (Wildman–Crippen MR) is 572 cm³/mol. The van der Waals surface area contributed by atoms with E-state index in [-0.39, 0.29) is 137 Å². The minimum atomic E-state index is -3.30. The molecule has 0 saturated carbocycles. The smallest absolute Gasteiger partial charge is 0.127 e. The zero-order valence-corrected chi connectivity index (χ0v) is 84.4. The Labute approximate surface area is 913 Å². The number of benzene rings is 6. The Morgan fingerprint density at radius 2 is 0.572 bits per heavy atom. The number of aromatic hydroxyl groups is 6. The van der Waals surface area contributed by atoms with Gasteiger partial charge in [0.15, 0.2) is 0 Å². The number of phenols is 6. The monoisotopic (exact) mass is 1940 g/mol. The van der Waals surface area contributed by atoms with Crippen molar-refractivity contribution in [3.8, 4) is 69.0 Å². The second kappa shape index (κ2) is 45.7. The highest BCUT2D eigenvalue weighted by atomic mass is 16.5.